The van der Waals surface area contributed by atoms with Gasteiger partial charge in [-0.25, -0.2) is 13.8 Å². The quantitative estimate of drug-likeness (QED) is 0.650. The molecule has 1 aromatic heterocycles. The van der Waals surface area contributed by atoms with Gasteiger partial charge in [0, 0.05) is 29.2 Å². The van der Waals surface area contributed by atoms with Crippen LogP contribution in [0.1, 0.15) is 31.2 Å². The number of benzene rings is 1. The Hall–Kier alpha value is -3.07. The molecule has 1 fully saturated rings. The molecule has 2 atom stereocenters. The number of rotatable bonds is 6. The Bertz CT molecular complexity index is 983. The van der Waals surface area contributed by atoms with Crippen molar-refractivity contribution in [2.24, 2.45) is 5.92 Å². The highest BCUT2D eigenvalue weighted by Gasteiger charge is 2.28. The number of aryl methyl sites for hydroxylation is 1. The summed E-state index contributed by atoms with van der Waals surface area (Å²) in [6.45, 7) is 0.969. The maximum Gasteiger partial charge on any atom is 0.245 e. The molecule has 1 saturated carbocycles. The zero-order valence-corrected chi connectivity index (χ0v) is 17.4. The number of carbonyl (C=O) groups excluding carboxylic acids is 2. The second-order valence-corrected chi connectivity index (χ2v) is 7.63. The highest BCUT2D eigenvalue weighted by atomic mass is 19.1. The molecular weight excluding hydrogens is 408 g/mol. The van der Waals surface area contributed by atoms with E-state index in [9.17, 15) is 18.4 Å². The number of nitrogens with zero attached hydrogens (tertiary/aromatic N) is 1. The van der Waals surface area contributed by atoms with Gasteiger partial charge in [0.2, 0.25) is 11.8 Å². The Morgan fingerprint density at radius 2 is 1.97 bits per heavy atom. The molecular formula is C22H25F2N3O4. The minimum Gasteiger partial charge on any atom is -0.496 e. The monoisotopic (exact) mass is 433 g/mol. The van der Waals surface area contributed by atoms with Gasteiger partial charge in [0.05, 0.1) is 13.3 Å². The minimum atomic E-state index is -0.633. The van der Waals surface area contributed by atoms with Crippen LogP contribution in [0.15, 0.2) is 24.4 Å². The second kappa shape index (κ2) is 9.82. The minimum absolute atomic E-state index is 0.127. The predicted octanol–water partition coefficient (Wildman–Crippen LogP) is 2.95. The standard InChI is InChI=1S/C22H25F2N3O4/c1-12-6-16(19(31-2)9-17(12)23)15-8-20(25-10-18(15)24)27-22(30)13-4-3-5-14(7-13)26-21(29)11-28/h6,8-10,13-14,28H,3-5,7,11H2,1-2H3,(H,26,29)(H,25,27,30)/t13-,14+/m0/s1. The molecule has 0 saturated heterocycles. The number of aliphatic hydroxyl groups excluding tert-OH is 1. The van der Waals surface area contributed by atoms with Crippen molar-refractivity contribution in [2.45, 2.75) is 38.6 Å². The molecule has 0 radical (unpaired) electrons. The van der Waals surface area contributed by atoms with E-state index in [2.05, 4.69) is 15.6 Å². The summed E-state index contributed by atoms with van der Waals surface area (Å²) in [4.78, 5) is 28.1. The summed E-state index contributed by atoms with van der Waals surface area (Å²) in [7, 11) is 1.37. The van der Waals surface area contributed by atoms with Crippen molar-refractivity contribution in [2.75, 3.05) is 19.0 Å². The van der Waals surface area contributed by atoms with Gasteiger partial charge in [-0.1, -0.05) is 6.42 Å². The smallest absolute Gasteiger partial charge is 0.245 e. The average Bonchev–Trinajstić information content (AvgIpc) is 2.76. The first kappa shape index (κ1) is 22.6. The molecule has 166 valence electrons. The van der Waals surface area contributed by atoms with Crippen LogP contribution in [-0.4, -0.2) is 41.7 Å². The number of pyridine rings is 1. The summed E-state index contributed by atoms with van der Waals surface area (Å²) in [5, 5.41) is 14.3. The van der Waals surface area contributed by atoms with Crippen LogP contribution in [-0.2, 0) is 9.59 Å². The molecule has 3 rings (SSSR count). The Balaban J connectivity index is 1.79. The molecule has 2 aromatic rings. The summed E-state index contributed by atoms with van der Waals surface area (Å²) in [6.07, 6.45) is 3.57. The van der Waals surface area contributed by atoms with Crippen molar-refractivity contribution in [1.82, 2.24) is 10.3 Å². The lowest BCUT2D eigenvalue weighted by Crippen LogP contribution is -2.42. The lowest BCUT2D eigenvalue weighted by atomic mass is 9.85. The van der Waals surface area contributed by atoms with Gasteiger partial charge in [-0.2, -0.15) is 0 Å². The molecule has 31 heavy (non-hydrogen) atoms. The predicted molar refractivity (Wildman–Crippen MR) is 110 cm³/mol. The van der Waals surface area contributed by atoms with Crippen molar-refractivity contribution < 1.29 is 28.2 Å². The Labute approximate surface area is 178 Å². The number of hydrogen-bond donors (Lipinski definition) is 3. The summed E-state index contributed by atoms with van der Waals surface area (Å²) < 4.78 is 33.6. The Kier molecular flexibility index (Phi) is 7.17. The van der Waals surface area contributed by atoms with E-state index in [1.807, 2.05) is 0 Å². The highest BCUT2D eigenvalue weighted by Crippen LogP contribution is 2.35. The number of nitrogens with one attached hydrogen (secondary N) is 2. The number of carbonyl (C=O) groups is 2. The lowest BCUT2D eigenvalue weighted by Gasteiger charge is -2.28. The molecule has 2 amide bonds. The maximum atomic E-state index is 14.5. The summed E-state index contributed by atoms with van der Waals surface area (Å²) >= 11 is 0. The number of methoxy groups -OCH3 is 1. The number of ether oxygens (including phenoxy) is 1. The largest absolute Gasteiger partial charge is 0.496 e. The molecule has 0 unspecified atom stereocenters. The van der Waals surface area contributed by atoms with Crippen molar-refractivity contribution in [3.8, 4) is 16.9 Å². The van der Waals surface area contributed by atoms with Crippen molar-refractivity contribution in [3.05, 3.63) is 41.6 Å². The first-order valence-corrected chi connectivity index (χ1v) is 10.0. The lowest BCUT2D eigenvalue weighted by molar-refractivity contribution is -0.126. The zero-order chi connectivity index (χ0) is 22.5. The number of aromatic nitrogens is 1. The van der Waals surface area contributed by atoms with E-state index in [0.717, 1.165) is 19.0 Å². The third-order valence-corrected chi connectivity index (χ3v) is 5.43. The third kappa shape index (κ3) is 5.35. The molecule has 3 N–H and O–H groups in total. The van der Waals surface area contributed by atoms with Crippen LogP contribution >= 0.6 is 0 Å². The van der Waals surface area contributed by atoms with Crippen LogP contribution in [0.2, 0.25) is 0 Å². The van der Waals surface area contributed by atoms with Gasteiger partial charge < -0.3 is 20.5 Å². The van der Waals surface area contributed by atoms with Crippen LogP contribution in [0.25, 0.3) is 11.1 Å². The molecule has 1 aromatic carbocycles. The molecule has 0 bridgehead atoms. The van der Waals surface area contributed by atoms with Crippen LogP contribution in [0.5, 0.6) is 5.75 Å². The van der Waals surface area contributed by atoms with Gasteiger partial charge >= 0.3 is 0 Å². The van der Waals surface area contributed by atoms with Gasteiger partial charge in [0.15, 0.2) is 0 Å². The second-order valence-electron chi connectivity index (χ2n) is 7.63. The van der Waals surface area contributed by atoms with E-state index in [-0.39, 0.29) is 35.0 Å². The average molecular weight is 433 g/mol. The molecule has 1 aliphatic carbocycles. The van der Waals surface area contributed by atoms with E-state index < -0.39 is 24.1 Å². The number of halogens is 2. The third-order valence-electron chi connectivity index (χ3n) is 5.43. The number of amides is 2. The van der Waals surface area contributed by atoms with Gasteiger partial charge in [-0.05, 0) is 43.9 Å². The van der Waals surface area contributed by atoms with Gasteiger partial charge in [-0.3, -0.25) is 9.59 Å². The maximum absolute atomic E-state index is 14.5. The van der Waals surface area contributed by atoms with E-state index in [1.54, 1.807) is 6.92 Å². The van der Waals surface area contributed by atoms with Crippen LogP contribution in [0, 0.1) is 24.5 Å². The topological polar surface area (TPSA) is 101 Å². The van der Waals surface area contributed by atoms with Crippen LogP contribution < -0.4 is 15.4 Å². The van der Waals surface area contributed by atoms with E-state index >= 15 is 0 Å². The molecule has 1 heterocycles. The van der Waals surface area contributed by atoms with Crippen molar-refractivity contribution in [1.29, 1.82) is 0 Å². The SMILES string of the molecule is COc1cc(F)c(C)cc1-c1cc(NC(=O)[C@H]2CCC[C@@H](NC(=O)CO)C2)ncc1F. The normalized spacial score (nSPS) is 18.4. The first-order chi connectivity index (χ1) is 14.8. The van der Waals surface area contributed by atoms with E-state index in [1.165, 1.54) is 25.3 Å². The molecule has 9 heteroatoms. The number of anilines is 1. The number of hydrogen-bond acceptors (Lipinski definition) is 5. The highest BCUT2D eigenvalue weighted by molar-refractivity contribution is 5.92. The summed E-state index contributed by atoms with van der Waals surface area (Å²) in [5.74, 6) is -1.88. The fourth-order valence-electron chi connectivity index (χ4n) is 3.82. The zero-order valence-electron chi connectivity index (χ0n) is 17.4. The van der Waals surface area contributed by atoms with Gasteiger partial charge in [0.1, 0.15) is 29.8 Å². The summed E-state index contributed by atoms with van der Waals surface area (Å²) in [5.41, 5.74) is 0.805. The van der Waals surface area contributed by atoms with Crippen molar-refractivity contribution >= 4 is 17.6 Å². The van der Waals surface area contributed by atoms with Crippen LogP contribution in [0.3, 0.4) is 0 Å². The van der Waals surface area contributed by atoms with E-state index in [4.69, 9.17) is 9.84 Å². The molecule has 7 nitrogen and oxygen atoms in total. The van der Waals surface area contributed by atoms with Gasteiger partial charge in [0.25, 0.3) is 0 Å². The first-order valence-electron chi connectivity index (χ1n) is 10.0. The Morgan fingerprint density at radius 1 is 1.19 bits per heavy atom. The van der Waals surface area contributed by atoms with Crippen molar-refractivity contribution in [3.63, 3.8) is 0 Å². The molecule has 0 aliphatic heterocycles. The number of aliphatic hydroxyl groups is 1. The van der Waals surface area contributed by atoms with Gasteiger partial charge in [-0.15, -0.1) is 0 Å². The fourth-order valence-corrected chi connectivity index (χ4v) is 3.82. The molecule has 1 aliphatic rings. The fraction of sp³-hybridized carbons (Fsp3) is 0.409. The summed E-state index contributed by atoms with van der Waals surface area (Å²) in [6, 6.07) is 3.86. The molecule has 0 spiro atoms. The van der Waals surface area contributed by atoms with E-state index in [0.29, 0.717) is 24.0 Å². The van der Waals surface area contributed by atoms with Crippen LogP contribution in [0.4, 0.5) is 14.6 Å². The Morgan fingerprint density at radius 3 is 2.68 bits per heavy atom.